The SMILES string of the molecule is CC/C=C\C/C=C\C/C=C\C/C=C\CCCCCCCCC(=O)OCC(COCCCCCCCC)OC(=O)CCCCCCCCCCC. The summed E-state index contributed by atoms with van der Waals surface area (Å²) in [5.74, 6) is -0.417. The first-order valence-corrected chi connectivity index (χ1v) is 21.2. The molecule has 50 heavy (non-hydrogen) atoms. The Morgan fingerprint density at radius 3 is 1.44 bits per heavy atom. The van der Waals surface area contributed by atoms with E-state index in [4.69, 9.17) is 14.2 Å². The van der Waals surface area contributed by atoms with Crippen molar-refractivity contribution in [2.24, 2.45) is 0 Å². The molecule has 0 saturated heterocycles. The van der Waals surface area contributed by atoms with Crippen LogP contribution in [0.15, 0.2) is 48.6 Å². The van der Waals surface area contributed by atoms with Crippen LogP contribution in [-0.2, 0) is 23.8 Å². The average molecular weight is 701 g/mol. The van der Waals surface area contributed by atoms with Crippen molar-refractivity contribution in [1.29, 1.82) is 0 Å². The summed E-state index contributed by atoms with van der Waals surface area (Å²) in [5, 5.41) is 0. The van der Waals surface area contributed by atoms with E-state index >= 15 is 0 Å². The van der Waals surface area contributed by atoms with Crippen molar-refractivity contribution in [1.82, 2.24) is 0 Å². The van der Waals surface area contributed by atoms with Crippen molar-refractivity contribution in [3.05, 3.63) is 48.6 Å². The van der Waals surface area contributed by atoms with Gasteiger partial charge < -0.3 is 14.2 Å². The van der Waals surface area contributed by atoms with Gasteiger partial charge in [-0.15, -0.1) is 0 Å². The molecule has 1 atom stereocenters. The minimum Gasteiger partial charge on any atom is -0.462 e. The van der Waals surface area contributed by atoms with Crippen LogP contribution in [0.1, 0.15) is 201 Å². The van der Waals surface area contributed by atoms with Crippen molar-refractivity contribution in [3.8, 4) is 0 Å². The van der Waals surface area contributed by atoms with Crippen molar-refractivity contribution >= 4 is 11.9 Å². The molecular formula is C45H80O5. The lowest BCUT2D eigenvalue weighted by Gasteiger charge is -2.18. The molecule has 0 aliphatic carbocycles. The molecule has 0 aromatic heterocycles. The van der Waals surface area contributed by atoms with E-state index in [-0.39, 0.29) is 25.2 Å². The minimum absolute atomic E-state index is 0.0795. The molecule has 0 rings (SSSR count). The molecule has 0 fully saturated rings. The molecular weight excluding hydrogens is 620 g/mol. The second-order valence-electron chi connectivity index (χ2n) is 13.9. The van der Waals surface area contributed by atoms with Gasteiger partial charge in [-0.2, -0.15) is 0 Å². The number of hydrogen-bond donors (Lipinski definition) is 0. The van der Waals surface area contributed by atoms with Crippen LogP contribution < -0.4 is 0 Å². The predicted octanol–water partition coefficient (Wildman–Crippen LogP) is 13.7. The summed E-state index contributed by atoms with van der Waals surface area (Å²) in [6, 6.07) is 0. The third-order valence-electron chi connectivity index (χ3n) is 8.88. The number of rotatable bonds is 38. The fraction of sp³-hybridized carbons (Fsp3) is 0.778. The van der Waals surface area contributed by atoms with Crippen LogP contribution in [0.4, 0.5) is 0 Å². The van der Waals surface area contributed by atoms with Gasteiger partial charge in [0.25, 0.3) is 0 Å². The lowest BCUT2D eigenvalue weighted by Crippen LogP contribution is -2.30. The van der Waals surface area contributed by atoms with Gasteiger partial charge in [-0.1, -0.05) is 179 Å². The Labute approximate surface area is 310 Å². The zero-order chi connectivity index (χ0) is 36.4. The number of ether oxygens (including phenoxy) is 3. The van der Waals surface area contributed by atoms with Crippen LogP contribution in [0.3, 0.4) is 0 Å². The number of unbranched alkanes of at least 4 members (excludes halogenated alkanes) is 19. The molecule has 0 spiro atoms. The number of carbonyl (C=O) groups excluding carboxylic acids is 2. The van der Waals surface area contributed by atoms with Gasteiger partial charge in [0.05, 0.1) is 6.61 Å². The van der Waals surface area contributed by atoms with E-state index in [9.17, 15) is 9.59 Å². The van der Waals surface area contributed by atoms with Gasteiger partial charge >= 0.3 is 11.9 Å². The first-order chi connectivity index (χ1) is 24.6. The number of esters is 2. The van der Waals surface area contributed by atoms with Gasteiger partial charge in [0.2, 0.25) is 0 Å². The highest BCUT2D eigenvalue weighted by molar-refractivity contribution is 5.70. The molecule has 5 heteroatoms. The summed E-state index contributed by atoms with van der Waals surface area (Å²) in [6.45, 7) is 7.64. The summed E-state index contributed by atoms with van der Waals surface area (Å²) in [5.41, 5.74) is 0. The van der Waals surface area contributed by atoms with Crippen LogP contribution in [0.25, 0.3) is 0 Å². The summed E-state index contributed by atoms with van der Waals surface area (Å²) in [7, 11) is 0. The fourth-order valence-corrected chi connectivity index (χ4v) is 5.73. The first kappa shape index (κ1) is 47.9. The highest BCUT2D eigenvalue weighted by atomic mass is 16.6. The minimum atomic E-state index is -0.532. The van der Waals surface area contributed by atoms with Gasteiger partial charge in [0.1, 0.15) is 6.61 Å². The third kappa shape index (κ3) is 38.7. The molecule has 0 aromatic carbocycles. The molecule has 1 unspecified atom stereocenters. The van der Waals surface area contributed by atoms with Crippen molar-refractivity contribution in [2.45, 2.75) is 207 Å². The Morgan fingerprint density at radius 2 is 0.900 bits per heavy atom. The van der Waals surface area contributed by atoms with E-state index in [2.05, 4.69) is 69.4 Å². The maximum Gasteiger partial charge on any atom is 0.306 e. The van der Waals surface area contributed by atoms with Gasteiger partial charge in [-0.3, -0.25) is 9.59 Å². The molecule has 0 radical (unpaired) electrons. The summed E-state index contributed by atoms with van der Waals surface area (Å²) >= 11 is 0. The monoisotopic (exact) mass is 701 g/mol. The maximum absolute atomic E-state index is 12.6. The molecule has 290 valence electrons. The highest BCUT2D eigenvalue weighted by Gasteiger charge is 2.17. The quantitative estimate of drug-likeness (QED) is 0.0364. The van der Waals surface area contributed by atoms with E-state index in [1.54, 1.807) is 0 Å². The first-order valence-electron chi connectivity index (χ1n) is 21.2. The maximum atomic E-state index is 12.6. The second-order valence-corrected chi connectivity index (χ2v) is 13.9. The summed E-state index contributed by atoms with van der Waals surface area (Å²) in [4.78, 5) is 25.0. The lowest BCUT2D eigenvalue weighted by molar-refractivity contribution is -0.163. The topological polar surface area (TPSA) is 61.8 Å². The zero-order valence-corrected chi connectivity index (χ0v) is 33.2. The van der Waals surface area contributed by atoms with Crippen LogP contribution in [-0.4, -0.2) is 37.9 Å². The molecule has 0 heterocycles. The van der Waals surface area contributed by atoms with Crippen molar-refractivity contribution in [2.75, 3.05) is 19.8 Å². The smallest absolute Gasteiger partial charge is 0.306 e. The largest absolute Gasteiger partial charge is 0.462 e. The number of hydrogen-bond acceptors (Lipinski definition) is 5. The average Bonchev–Trinajstić information content (AvgIpc) is 3.11. The highest BCUT2D eigenvalue weighted by Crippen LogP contribution is 2.13. The van der Waals surface area contributed by atoms with Crippen molar-refractivity contribution in [3.63, 3.8) is 0 Å². The zero-order valence-electron chi connectivity index (χ0n) is 33.2. The molecule has 0 amide bonds. The summed E-state index contributed by atoms with van der Waals surface area (Å²) < 4.78 is 17.1. The fourth-order valence-electron chi connectivity index (χ4n) is 5.73. The Hall–Kier alpha value is -2.14. The molecule has 0 saturated carbocycles. The van der Waals surface area contributed by atoms with E-state index in [1.807, 2.05) is 0 Å². The van der Waals surface area contributed by atoms with Gasteiger partial charge in [-0.05, 0) is 57.8 Å². The van der Waals surface area contributed by atoms with E-state index in [1.165, 1.54) is 89.9 Å². The Bertz CT molecular complexity index is 842. The normalized spacial score (nSPS) is 12.6. The molecule has 0 aliphatic rings. The molecule has 0 bridgehead atoms. The van der Waals surface area contributed by atoms with Crippen molar-refractivity contribution < 1.29 is 23.8 Å². The van der Waals surface area contributed by atoms with E-state index in [0.717, 1.165) is 77.0 Å². The molecule has 0 N–H and O–H groups in total. The Kier molecular flexibility index (Phi) is 39.5. The predicted molar refractivity (Wildman–Crippen MR) is 215 cm³/mol. The van der Waals surface area contributed by atoms with Gasteiger partial charge in [0, 0.05) is 19.4 Å². The lowest BCUT2D eigenvalue weighted by atomic mass is 10.1. The van der Waals surface area contributed by atoms with Gasteiger partial charge in [-0.25, -0.2) is 0 Å². The van der Waals surface area contributed by atoms with Crippen LogP contribution in [0.2, 0.25) is 0 Å². The van der Waals surface area contributed by atoms with Crippen LogP contribution >= 0.6 is 0 Å². The summed E-state index contributed by atoms with van der Waals surface area (Å²) in [6.07, 6.45) is 48.3. The molecule has 0 aromatic rings. The number of allylic oxidation sites excluding steroid dienone is 8. The van der Waals surface area contributed by atoms with Crippen LogP contribution in [0, 0.1) is 0 Å². The Balaban J connectivity index is 4.10. The molecule has 5 nitrogen and oxygen atoms in total. The van der Waals surface area contributed by atoms with E-state index in [0.29, 0.717) is 19.4 Å². The second kappa shape index (κ2) is 41.3. The van der Waals surface area contributed by atoms with Crippen LogP contribution in [0.5, 0.6) is 0 Å². The third-order valence-corrected chi connectivity index (χ3v) is 8.88. The Morgan fingerprint density at radius 1 is 0.460 bits per heavy atom. The van der Waals surface area contributed by atoms with Gasteiger partial charge in [0.15, 0.2) is 6.10 Å². The van der Waals surface area contributed by atoms with E-state index < -0.39 is 6.10 Å². The number of carbonyl (C=O) groups is 2. The standard InChI is InChI=1S/C45H80O5/c1-4-7-10-13-16-18-19-20-21-22-23-24-25-26-27-29-30-32-35-38-44(46)49-42-43(41-48-40-37-34-15-12-9-6-3)50-45(47)39-36-33-31-28-17-14-11-8-5-2/h7,10,16,18,20-21,23-24,43H,4-6,8-9,11-15,17,19,22,25-42H2,1-3H3/b10-7-,18-16-,21-20-,24-23-. The molecule has 0 aliphatic heterocycles.